The van der Waals surface area contributed by atoms with Crippen LogP contribution in [0.15, 0.2) is 24.3 Å². The van der Waals surface area contributed by atoms with E-state index in [1.807, 2.05) is 18.2 Å². The van der Waals surface area contributed by atoms with E-state index in [1.54, 1.807) is 11.3 Å². The lowest BCUT2D eigenvalue weighted by Gasteiger charge is -2.32. The minimum atomic E-state index is 0.134. The van der Waals surface area contributed by atoms with Crippen LogP contribution < -0.4 is 5.32 Å². The number of rotatable bonds is 5. The highest BCUT2D eigenvalue weighted by atomic mass is 32.1. The van der Waals surface area contributed by atoms with Crippen molar-refractivity contribution in [2.24, 2.45) is 0 Å². The van der Waals surface area contributed by atoms with Crippen molar-refractivity contribution in [1.29, 1.82) is 0 Å². The highest BCUT2D eigenvalue weighted by Crippen LogP contribution is 2.21. The molecule has 1 aliphatic rings. The van der Waals surface area contributed by atoms with Gasteiger partial charge in [0.2, 0.25) is 5.91 Å². The van der Waals surface area contributed by atoms with E-state index in [0.717, 1.165) is 23.5 Å². The normalized spacial score (nSPS) is 19.4. The minimum Gasteiger partial charge on any atom is -0.355 e. The summed E-state index contributed by atoms with van der Waals surface area (Å²) < 4.78 is 1.21. The number of carbonyl (C=O) groups is 1. The molecule has 0 aliphatic carbocycles. The minimum absolute atomic E-state index is 0.134. The van der Waals surface area contributed by atoms with Crippen LogP contribution in [0.2, 0.25) is 0 Å². The van der Waals surface area contributed by atoms with Gasteiger partial charge >= 0.3 is 0 Å². The molecular formula is C17H23N3OS. The van der Waals surface area contributed by atoms with Gasteiger partial charge < -0.3 is 5.32 Å². The molecule has 2 aromatic rings. The van der Waals surface area contributed by atoms with Gasteiger partial charge in [-0.3, -0.25) is 9.69 Å². The van der Waals surface area contributed by atoms with Crippen molar-refractivity contribution in [2.45, 2.75) is 38.6 Å². The molecule has 5 heteroatoms. The monoisotopic (exact) mass is 317 g/mol. The molecule has 1 aromatic carbocycles. The van der Waals surface area contributed by atoms with E-state index in [4.69, 9.17) is 0 Å². The number of para-hydroxylation sites is 1. The lowest BCUT2D eigenvalue weighted by molar-refractivity contribution is -0.123. The molecule has 1 saturated heterocycles. The fourth-order valence-electron chi connectivity index (χ4n) is 2.97. The lowest BCUT2D eigenvalue weighted by atomic mass is 10.0. The van der Waals surface area contributed by atoms with E-state index in [9.17, 15) is 4.79 Å². The summed E-state index contributed by atoms with van der Waals surface area (Å²) in [5.74, 6) is 0.134. The molecule has 0 bridgehead atoms. The molecule has 1 N–H and O–H groups in total. The molecule has 1 aliphatic heterocycles. The topological polar surface area (TPSA) is 45.2 Å². The van der Waals surface area contributed by atoms with Crippen LogP contribution in [-0.2, 0) is 11.2 Å². The maximum atomic E-state index is 12.0. The van der Waals surface area contributed by atoms with Gasteiger partial charge in [0.05, 0.1) is 21.8 Å². The van der Waals surface area contributed by atoms with Crippen molar-refractivity contribution in [1.82, 2.24) is 15.2 Å². The Morgan fingerprint density at radius 1 is 1.41 bits per heavy atom. The van der Waals surface area contributed by atoms with Gasteiger partial charge in [-0.05, 0) is 38.4 Å². The maximum Gasteiger partial charge on any atom is 0.234 e. The zero-order valence-corrected chi connectivity index (χ0v) is 13.9. The maximum absolute atomic E-state index is 12.0. The van der Waals surface area contributed by atoms with Crippen LogP contribution in [0.1, 0.15) is 31.2 Å². The molecule has 118 valence electrons. The van der Waals surface area contributed by atoms with E-state index in [-0.39, 0.29) is 5.91 Å². The van der Waals surface area contributed by atoms with E-state index in [2.05, 4.69) is 28.2 Å². The molecule has 0 radical (unpaired) electrons. The number of fused-ring (bicyclic) bond motifs is 1. The summed E-state index contributed by atoms with van der Waals surface area (Å²) in [6.45, 7) is 4.46. The fourth-order valence-corrected chi connectivity index (χ4v) is 3.94. The van der Waals surface area contributed by atoms with Crippen molar-refractivity contribution in [3.8, 4) is 0 Å². The Bertz CT molecular complexity index is 607. The van der Waals surface area contributed by atoms with Gasteiger partial charge in [0.25, 0.3) is 0 Å². The Balaban J connectivity index is 1.45. The van der Waals surface area contributed by atoms with Gasteiger partial charge in [-0.1, -0.05) is 18.6 Å². The Morgan fingerprint density at radius 3 is 3.09 bits per heavy atom. The molecule has 22 heavy (non-hydrogen) atoms. The third kappa shape index (κ3) is 3.84. The average molecular weight is 317 g/mol. The highest BCUT2D eigenvalue weighted by Gasteiger charge is 2.20. The van der Waals surface area contributed by atoms with Gasteiger partial charge in [0, 0.05) is 19.0 Å². The second kappa shape index (κ2) is 7.20. The van der Waals surface area contributed by atoms with E-state index >= 15 is 0 Å². The van der Waals surface area contributed by atoms with Crippen LogP contribution in [0, 0.1) is 0 Å². The first-order chi connectivity index (χ1) is 10.7. The number of nitrogens with zero attached hydrogens (tertiary/aromatic N) is 2. The number of likely N-dealkylation sites (tertiary alicyclic amines) is 1. The molecule has 1 aromatic heterocycles. The molecule has 0 spiro atoms. The Hall–Kier alpha value is -1.46. The van der Waals surface area contributed by atoms with Gasteiger partial charge in [-0.25, -0.2) is 4.98 Å². The number of nitrogens with one attached hydrogen (secondary N) is 1. The second-order valence-electron chi connectivity index (χ2n) is 5.99. The number of hydrogen-bond donors (Lipinski definition) is 1. The number of amides is 1. The summed E-state index contributed by atoms with van der Waals surface area (Å²) in [4.78, 5) is 18.9. The van der Waals surface area contributed by atoms with Crippen molar-refractivity contribution < 1.29 is 4.79 Å². The first kappa shape index (κ1) is 15.4. The first-order valence-electron chi connectivity index (χ1n) is 8.07. The first-order valence-corrected chi connectivity index (χ1v) is 8.89. The van der Waals surface area contributed by atoms with Crippen LogP contribution >= 0.6 is 11.3 Å². The summed E-state index contributed by atoms with van der Waals surface area (Å²) in [7, 11) is 0. The van der Waals surface area contributed by atoms with Crippen LogP contribution in [0.5, 0.6) is 0 Å². The smallest absolute Gasteiger partial charge is 0.234 e. The number of hydrogen-bond acceptors (Lipinski definition) is 4. The zero-order chi connectivity index (χ0) is 15.4. The van der Waals surface area contributed by atoms with Gasteiger partial charge in [0.1, 0.15) is 0 Å². The van der Waals surface area contributed by atoms with Gasteiger partial charge in [0.15, 0.2) is 0 Å². The van der Waals surface area contributed by atoms with Crippen LogP contribution in [0.25, 0.3) is 10.2 Å². The van der Waals surface area contributed by atoms with Crippen molar-refractivity contribution in [3.63, 3.8) is 0 Å². The van der Waals surface area contributed by atoms with Gasteiger partial charge in [-0.2, -0.15) is 0 Å². The Labute approximate surface area is 135 Å². The van der Waals surface area contributed by atoms with E-state index in [0.29, 0.717) is 19.1 Å². The molecule has 1 atom stereocenters. The summed E-state index contributed by atoms with van der Waals surface area (Å²) in [5.41, 5.74) is 1.05. The highest BCUT2D eigenvalue weighted by molar-refractivity contribution is 7.18. The summed E-state index contributed by atoms with van der Waals surface area (Å²) >= 11 is 1.71. The molecule has 4 nitrogen and oxygen atoms in total. The fraction of sp³-hybridized carbons (Fsp3) is 0.529. The number of piperidine rings is 1. The molecule has 1 amide bonds. The third-order valence-electron chi connectivity index (χ3n) is 4.29. The second-order valence-corrected chi connectivity index (χ2v) is 7.11. The number of benzene rings is 1. The number of aromatic nitrogens is 1. The zero-order valence-electron chi connectivity index (χ0n) is 13.0. The average Bonchev–Trinajstić information content (AvgIpc) is 2.92. The van der Waals surface area contributed by atoms with Crippen molar-refractivity contribution in [3.05, 3.63) is 29.3 Å². The Kier molecular flexibility index (Phi) is 5.05. The predicted octanol–water partition coefficient (Wildman–Crippen LogP) is 2.83. The predicted molar refractivity (Wildman–Crippen MR) is 91.2 cm³/mol. The molecule has 3 rings (SSSR count). The SMILES string of the molecule is CC1CCCCN1CC(=O)NCCc1nc2ccccc2s1. The molecular weight excluding hydrogens is 294 g/mol. The molecule has 2 heterocycles. The number of carbonyl (C=O) groups excluding carboxylic acids is 1. The lowest BCUT2D eigenvalue weighted by Crippen LogP contribution is -2.44. The quantitative estimate of drug-likeness (QED) is 0.922. The molecule has 0 saturated carbocycles. The summed E-state index contributed by atoms with van der Waals surface area (Å²) in [6, 6.07) is 8.70. The van der Waals surface area contributed by atoms with Crippen LogP contribution in [0.3, 0.4) is 0 Å². The number of thiazole rings is 1. The third-order valence-corrected chi connectivity index (χ3v) is 5.38. The van der Waals surface area contributed by atoms with Crippen LogP contribution in [-0.4, -0.2) is 41.5 Å². The van der Waals surface area contributed by atoms with E-state index < -0.39 is 0 Å². The summed E-state index contributed by atoms with van der Waals surface area (Å²) in [5, 5.41) is 4.12. The van der Waals surface area contributed by atoms with Crippen molar-refractivity contribution in [2.75, 3.05) is 19.6 Å². The van der Waals surface area contributed by atoms with Crippen molar-refractivity contribution >= 4 is 27.5 Å². The Morgan fingerprint density at radius 2 is 2.27 bits per heavy atom. The molecule has 1 unspecified atom stereocenters. The van der Waals surface area contributed by atoms with Crippen LogP contribution in [0.4, 0.5) is 0 Å². The standard InChI is InChI=1S/C17H23N3OS/c1-13-6-4-5-11-20(13)12-16(21)18-10-9-17-19-14-7-2-3-8-15(14)22-17/h2-3,7-8,13H,4-6,9-12H2,1H3,(H,18,21). The molecule has 1 fully saturated rings. The summed E-state index contributed by atoms with van der Waals surface area (Å²) in [6.07, 6.45) is 4.51. The largest absolute Gasteiger partial charge is 0.355 e. The van der Waals surface area contributed by atoms with Gasteiger partial charge in [-0.15, -0.1) is 11.3 Å². The van der Waals surface area contributed by atoms with E-state index in [1.165, 1.54) is 24.0 Å².